The molecule has 0 aromatic carbocycles. The first-order valence-corrected chi connectivity index (χ1v) is 6.15. The Morgan fingerprint density at radius 1 is 1.39 bits per heavy atom. The van der Waals surface area contributed by atoms with E-state index in [1.165, 1.54) is 4.90 Å². The van der Waals surface area contributed by atoms with Gasteiger partial charge in [-0.3, -0.25) is 0 Å². The largest absolute Gasteiger partial charge is 0.444 e. The number of urea groups is 1. The van der Waals surface area contributed by atoms with Crippen molar-refractivity contribution in [2.75, 3.05) is 40.3 Å². The second kappa shape index (κ2) is 5.46. The van der Waals surface area contributed by atoms with Gasteiger partial charge in [0.15, 0.2) is 0 Å². The highest BCUT2D eigenvalue weighted by molar-refractivity contribution is 5.76. The molecule has 3 amide bonds. The second-order valence-corrected chi connectivity index (χ2v) is 5.59. The number of hydrogen-bond donors (Lipinski definition) is 0. The van der Waals surface area contributed by atoms with Crippen LogP contribution in [0, 0.1) is 0 Å². The van der Waals surface area contributed by atoms with Gasteiger partial charge in [0.05, 0.1) is 0 Å². The molecule has 1 fully saturated rings. The van der Waals surface area contributed by atoms with Crippen molar-refractivity contribution in [1.29, 1.82) is 0 Å². The van der Waals surface area contributed by atoms with E-state index < -0.39 is 5.60 Å². The standard InChI is InChI=1S/C12H23N3O3/c1-12(2,3)18-11(17)14(5)7-9-15-8-6-13(4)10(15)16/h6-9H2,1-5H3. The van der Waals surface area contributed by atoms with Gasteiger partial charge in [0.2, 0.25) is 0 Å². The van der Waals surface area contributed by atoms with Crippen LogP contribution in [0.5, 0.6) is 0 Å². The van der Waals surface area contributed by atoms with Crippen LogP contribution >= 0.6 is 0 Å². The molecule has 0 atom stereocenters. The van der Waals surface area contributed by atoms with Crippen molar-refractivity contribution < 1.29 is 14.3 Å². The van der Waals surface area contributed by atoms with Gasteiger partial charge < -0.3 is 19.4 Å². The molecule has 0 unspecified atom stereocenters. The Bertz CT molecular complexity index is 325. The van der Waals surface area contributed by atoms with Gasteiger partial charge in [-0.2, -0.15) is 0 Å². The molecule has 0 N–H and O–H groups in total. The van der Waals surface area contributed by atoms with Crippen LogP contribution in [0.4, 0.5) is 9.59 Å². The summed E-state index contributed by atoms with van der Waals surface area (Å²) in [5.74, 6) is 0. The lowest BCUT2D eigenvalue weighted by atomic mass is 10.2. The number of nitrogens with zero attached hydrogens (tertiary/aromatic N) is 3. The van der Waals surface area contributed by atoms with E-state index in [0.717, 1.165) is 13.1 Å². The van der Waals surface area contributed by atoms with Gasteiger partial charge in [0.25, 0.3) is 0 Å². The lowest BCUT2D eigenvalue weighted by Crippen LogP contribution is -2.40. The summed E-state index contributed by atoms with van der Waals surface area (Å²) >= 11 is 0. The fraction of sp³-hybridized carbons (Fsp3) is 0.833. The van der Waals surface area contributed by atoms with Gasteiger partial charge in [-0.1, -0.05) is 0 Å². The Morgan fingerprint density at radius 2 is 2.00 bits per heavy atom. The molecular weight excluding hydrogens is 234 g/mol. The number of likely N-dealkylation sites (N-methyl/N-ethyl adjacent to an activating group) is 2. The lowest BCUT2D eigenvalue weighted by Gasteiger charge is -2.26. The van der Waals surface area contributed by atoms with Crippen LogP contribution in [0.1, 0.15) is 20.8 Å². The van der Waals surface area contributed by atoms with E-state index in [1.54, 1.807) is 23.9 Å². The molecule has 6 nitrogen and oxygen atoms in total. The molecule has 1 rings (SSSR count). The number of carbonyl (C=O) groups excluding carboxylic acids is 2. The Labute approximate surface area is 108 Å². The average molecular weight is 257 g/mol. The van der Waals surface area contributed by atoms with Gasteiger partial charge >= 0.3 is 12.1 Å². The maximum absolute atomic E-state index is 11.7. The van der Waals surface area contributed by atoms with E-state index in [-0.39, 0.29) is 12.1 Å². The third kappa shape index (κ3) is 4.09. The van der Waals surface area contributed by atoms with Crippen LogP contribution in [0.3, 0.4) is 0 Å². The molecule has 104 valence electrons. The third-order valence-corrected chi connectivity index (χ3v) is 2.71. The Hall–Kier alpha value is -1.46. The highest BCUT2D eigenvalue weighted by atomic mass is 16.6. The predicted molar refractivity (Wildman–Crippen MR) is 68.5 cm³/mol. The highest BCUT2D eigenvalue weighted by Gasteiger charge is 2.26. The van der Waals surface area contributed by atoms with E-state index in [4.69, 9.17) is 4.74 Å². The molecule has 18 heavy (non-hydrogen) atoms. The molecule has 1 heterocycles. The zero-order valence-corrected chi connectivity index (χ0v) is 11.9. The summed E-state index contributed by atoms with van der Waals surface area (Å²) in [6, 6.07) is 0.0209. The maximum atomic E-state index is 11.7. The quantitative estimate of drug-likeness (QED) is 0.764. The molecule has 0 aromatic rings. The fourth-order valence-corrected chi connectivity index (χ4v) is 1.61. The van der Waals surface area contributed by atoms with Gasteiger partial charge in [-0.05, 0) is 20.8 Å². The van der Waals surface area contributed by atoms with Crippen molar-refractivity contribution in [3.05, 3.63) is 0 Å². The Kier molecular flexibility index (Phi) is 4.43. The van der Waals surface area contributed by atoms with Crippen LogP contribution in [-0.2, 0) is 4.74 Å². The van der Waals surface area contributed by atoms with Crippen molar-refractivity contribution in [1.82, 2.24) is 14.7 Å². The van der Waals surface area contributed by atoms with Crippen LogP contribution in [0.15, 0.2) is 0 Å². The van der Waals surface area contributed by atoms with Crippen LogP contribution in [0.2, 0.25) is 0 Å². The van der Waals surface area contributed by atoms with Gasteiger partial charge in [-0.25, -0.2) is 9.59 Å². The van der Waals surface area contributed by atoms with Crippen LogP contribution in [-0.4, -0.2) is 72.7 Å². The monoisotopic (exact) mass is 257 g/mol. The van der Waals surface area contributed by atoms with Crippen molar-refractivity contribution >= 4 is 12.1 Å². The van der Waals surface area contributed by atoms with Gasteiger partial charge in [0, 0.05) is 40.3 Å². The van der Waals surface area contributed by atoms with Gasteiger partial charge in [-0.15, -0.1) is 0 Å². The zero-order valence-electron chi connectivity index (χ0n) is 11.9. The summed E-state index contributed by atoms with van der Waals surface area (Å²) in [6.45, 7) is 7.98. The van der Waals surface area contributed by atoms with E-state index in [9.17, 15) is 9.59 Å². The topological polar surface area (TPSA) is 53.1 Å². The summed E-state index contributed by atoms with van der Waals surface area (Å²) in [6.07, 6.45) is -0.359. The van der Waals surface area contributed by atoms with Crippen molar-refractivity contribution in [2.24, 2.45) is 0 Å². The minimum absolute atomic E-state index is 0.0209. The van der Waals surface area contributed by atoms with E-state index in [1.807, 2.05) is 20.8 Å². The first-order chi connectivity index (χ1) is 8.20. The Morgan fingerprint density at radius 3 is 2.44 bits per heavy atom. The molecule has 0 aromatic heterocycles. The number of amides is 3. The van der Waals surface area contributed by atoms with Crippen LogP contribution in [0.25, 0.3) is 0 Å². The number of carbonyl (C=O) groups is 2. The van der Waals surface area contributed by atoms with Crippen LogP contribution < -0.4 is 0 Å². The molecule has 6 heteroatoms. The average Bonchev–Trinajstić information content (AvgIpc) is 2.54. The highest BCUT2D eigenvalue weighted by Crippen LogP contribution is 2.10. The van der Waals surface area contributed by atoms with E-state index >= 15 is 0 Å². The van der Waals surface area contributed by atoms with E-state index in [0.29, 0.717) is 13.1 Å². The fourth-order valence-electron chi connectivity index (χ4n) is 1.61. The van der Waals surface area contributed by atoms with Crippen molar-refractivity contribution in [2.45, 2.75) is 26.4 Å². The number of hydrogen-bond acceptors (Lipinski definition) is 3. The predicted octanol–water partition coefficient (Wildman–Crippen LogP) is 1.22. The molecule has 0 aliphatic carbocycles. The summed E-state index contributed by atoms with van der Waals surface area (Å²) in [5, 5.41) is 0. The molecule has 0 bridgehead atoms. The molecule has 1 aliphatic heterocycles. The third-order valence-electron chi connectivity index (χ3n) is 2.71. The SMILES string of the molecule is CN(CCN1CCN(C)C1=O)C(=O)OC(C)(C)C. The normalized spacial score (nSPS) is 16.2. The molecule has 0 saturated carbocycles. The molecule has 0 radical (unpaired) electrons. The molecule has 1 aliphatic rings. The first-order valence-electron chi connectivity index (χ1n) is 6.15. The number of rotatable bonds is 3. The van der Waals surface area contributed by atoms with E-state index in [2.05, 4.69) is 0 Å². The summed E-state index contributed by atoms with van der Waals surface area (Å²) in [7, 11) is 3.46. The summed E-state index contributed by atoms with van der Waals surface area (Å²) in [4.78, 5) is 28.2. The minimum Gasteiger partial charge on any atom is -0.444 e. The summed E-state index contributed by atoms with van der Waals surface area (Å²) in [5.41, 5.74) is -0.491. The number of ether oxygens (including phenoxy) is 1. The lowest BCUT2D eigenvalue weighted by molar-refractivity contribution is 0.0290. The van der Waals surface area contributed by atoms with Crippen molar-refractivity contribution in [3.63, 3.8) is 0 Å². The smallest absolute Gasteiger partial charge is 0.410 e. The second-order valence-electron chi connectivity index (χ2n) is 5.59. The summed E-state index contributed by atoms with van der Waals surface area (Å²) < 4.78 is 5.24. The molecule has 0 spiro atoms. The van der Waals surface area contributed by atoms with Gasteiger partial charge in [0.1, 0.15) is 5.60 Å². The molecular formula is C12H23N3O3. The Balaban J connectivity index is 2.35. The van der Waals surface area contributed by atoms with Crippen molar-refractivity contribution in [3.8, 4) is 0 Å². The maximum Gasteiger partial charge on any atom is 0.410 e. The minimum atomic E-state index is -0.491. The molecule has 1 saturated heterocycles. The zero-order chi connectivity index (χ0) is 13.9. The first kappa shape index (κ1) is 14.6.